The lowest BCUT2D eigenvalue weighted by Crippen LogP contribution is -2.42. The molecule has 0 aromatic heterocycles. The molecule has 0 aliphatic carbocycles. The van der Waals surface area contributed by atoms with Crippen molar-refractivity contribution in [3.05, 3.63) is 0 Å². The summed E-state index contributed by atoms with van der Waals surface area (Å²) >= 11 is 0. The Hall–Kier alpha value is -0.610. The Morgan fingerprint density at radius 1 is 1.50 bits per heavy atom. The second-order valence-electron chi connectivity index (χ2n) is 3.82. The van der Waals surface area contributed by atoms with Crippen molar-refractivity contribution < 1.29 is 4.79 Å². The summed E-state index contributed by atoms with van der Waals surface area (Å²) in [6.45, 7) is 7.55. The molecule has 1 unspecified atom stereocenters. The van der Waals surface area contributed by atoms with E-state index >= 15 is 0 Å². The zero-order chi connectivity index (χ0) is 11.1. The highest BCUT2D eigenvalue weighted by Crippen LogP contribution is 1.97. The van der Waals surface area contributed by atoms with Crippen LogP contribution in [-0.2, 0) is 4.79 Å². The highest BCUT2D eigenvalue weighted by Gasteiger charge is 2.08. The Morgan fingerprint density at radius 2 is 2.07 bits per heavy atom. The van der Waals surface area contributed by atoms with Gasteiger partial charge in [0.15, 0.2) is 0 Å². The van der Waals surface area contributed by atoms with E-state index in [0.717, 1.165) is 13.0 Å². The minimum atomic E-state index is -0.413. The maximum absolute atomic E-state index is 11.1. The monoisotopic (exact) mass is 201 g/mol. The van der Waals surface area contributed by atoms with E-state index in [2.05, 4.69) is 31.1 Å². The van der Waals surface area contributed by atoms with Crippen LogP contribution in [0.15, 0.2) is 0 Å². The van der Waals surface area contributed by atoms with Crippen LogP contribution in [0.3, 0.4) is 0 Å². The number of carbonyl (C=O) groups is 1. The summed E-state index contributed by atoms with van der Waals surface area (Å²) in [5.74, 6) is -0.0810. The van der Waals surface area contributed by atoms with E-state index in [0.29, 0.717) is 12.6 Å². The summed E-state index contributed by atoms with van der Waals surface area (Å²) < 4.78 is 0. The molecule has 0 rings (SSSR count). The summed E-state index contributed by atoms with van der Waals surface area (Å²) in [6, 6.07) is 0.145. The first kappa shape index (κ1) is 13.4. The third-order valence-electron chi connectivity index (χ3n) is 2.52. The second kappa shape index (κ2) is 6.79. The highest BCUT2D eigenvalue weighted by molar-refractivity contribution is 5.80. The van der Waals surface area contributed by atoms with E-state index in [4.69, 9.17) is 5.73 Å². The van der Waals surface area contributed by atoms with Crippen LogP contribution in [0.4, 0.5) is 0 Å². The minimum Gasteiger partial charge on any atom is -0.353 e. The number of rotatable bonds is 6. The molecule has 2 atom stereocenters. The molecule has 4 nitrogen and oxygen atoms in total. The molecule has 1 amide bonds. The topological polar surface area (TPSA) is 58.4 Å². The molecular weight excluding hydrogens is 178 g/mol. The maximum Gasteiger partial charge on any atom is 0.236 e. The lowest BCUT2D eigenvalue weighted by Gasteiger charge is -2.23. The van der Waals surface area contributed by atoms with E-state index in [9.17, 15) is 4.79 Å². The minimum absolute atomic E-state index is 0.0810. The van der Waals surface area contributed by atoms with Gasteiger partial charge in [-0.15, -0.1) is 0 Å². The summed E-state index contributed by atoms with van der Waals surface area (Å²) in [6.07, 6.45) is 1.12. The zero-order valence-electron chi connectivity index (χ0n) is 9.71. The van der Waals surface area contributed by atoms with Crippen LogP contribution in [0.2, 0.25) is 0 Å². The average molecular weight is 201 g/mol. The van der Waals surface area contributed by atoms with Gasteiger partial charge in [-0.2, -0.15) is 0 Å². The predicted octanol–water partition coefficient (Wildman–Crippen LogP) is 0.180. The molecule has 0 fully saturated rings. The number of nitrogens with one attached hydrogen (secondary N) is 1. The van der Waals surface area contributed by atoms with Crippen LogP contribution in [0.25, 0.3) is 0 Å². The van der Waals surface area contributed by atoms with E-state index in [-0.39, 0.29) is 5.91 Å². The van der Waals surface area contributed by atoms with Crippen molar-refractivity contribution in [1.29, 1.82) is 0 Å². The molecule has 4 heteroatoms. The van der Waals surface area contributed by atoms with Gasteiger partial charge in [0, 0.05) is 19.1 Å². The van der Waals surface area contributed by atoms with Gasteiger partial charge in [-0.05, 0) is 27.3 Å². The standard InChI is InChI=1S/C10H23N3O/c1-5-8(2)13(4)7-6-12-10(14)9(3)11/h8-9H,5-7,11H2,1-4H3,(H,12,14)/t8?,9-/m0/s1. The van der Waals surface area contributed by atoms with E-state index in [1.165, 1.54) is 0 Å². The Balaban J connectivity index is 3.59. The van der Waals surface area contributed by atoms with Gasteiger partial charge < -0.3 is 16.0 Å². The van der Waals surface area contributed by atoms with Crippen LogP contribution < -0.4 is 11.1 Å². The van der Waals surface area contributed by atoms with E-state index < -0.39 is 6.04 Å². The first-order valence-corrected chi connectivity index (χ1v) is 5.22. The van der Waals surface area contributed by atoms with Gasteiger partial charge in [0.2, 0.25) is 5.91 Å². The van der Waals surface area contributed by atoms with Crippen molar-refractivity contribution in [2.75, 3.05) is 20.1 Å². The van der Waals surface area contributed by atoms with E-state index in [1.807, 2.05) is 0 Å². The molecule has 0 heterocycles. The Labute approximate surface area is 86.8 Å². The predicted molar refractivity (Wildman–Crippen MR) is 59.0 cm³/mol. The van der Waals surface area contributed by atoms with Gasteiger partial charge in [0.25, 0.3) is 0 Å². The fourth-order valence-electron chi connectivity index (χ4n) is 1.05. The largest absolute Gasteiger partial charge is 0.353 e. The van der Waals surface area contributed by atoms with Crippen molar-refractivity contribution in [2.45, 2.75) is 39.3 Å². The van der Waals surface area contributed by atoms with Gasteiger partial charge in [0.1, 0.15) is 0 Å². The van der Waals surface area contributed by atoms with Crippen LogP contribution in [0, 0.1) is 0 Å². The Morgan fingerprint density at radius 3 is 2.50 bits per heavy atom. The summed E-state index contributed by atoms with van der Waals surface area (Å²) in [7, 11) is 2.06. The fourth-order valence-corrected chi connectivity index (χ4v) is 1.05. The molecule has 0 aromatic carbocycles. The number of nitrogens with zero attached hydrogens (tertiary/aromatic N) is 1. The van der Waals surface area contributed by atoms with Gasteiger partial charge in [0.05, 0.1) is 6.04 Å². The second-order valence-corrected chi connectivity index (χ2v) is 3.82. The molecule has 0 aliphatic rings. The van der Waals surface area contributed by atoms with Crippen molar-refractivity contribution in [3.8, 4) is 0 Å². The molecule has 0 radical (unpaired) electrons. The summed E-state index contributed by atoms with van der Waals surface area (Å²) in [5, 5.41) is 2.79. The number of hydrogen-bond donors (Lipinski definition) is 2. The summed E-state index contributed by atoms with van der Waals surface area (Å²) in [4.78, 5) is 13.3. The molecular formula is C10H23N3O. The van der Waals surface area contributed by atoms with Crippen molar-refractivity contribution in [1.82, 2.24) is 10.2 Å². The average Bonchev–Trinajstić information content (AvgIpc) is 2.15. The van der Waals surface area contributed by atoms with Crippen molar-refractivity contribution in [2.24, 2.45) is 5.73 Å². The molecule has 3 N–H and O–H groups in total. The zero-order valence-corrected chi connectivity index (χ0v) is 9.71. The Bertz CT molecular complexity index is 171. The third kappa shape index (κ3) is 5.19. The number of likely N-dealkylation sites (N-methyl/N-ethyl adjacent to an activating group) is 1. The lowest BCUT2D eigenvalue weighted by atomic mass is 10.2. The lowest BCUT2D eigenvalue weighted by molar-refractivity contribution is -0.122. The molecule has 0 aromatic rings. The maximum atomic E-state index is 11.1. The number of nitrogens with two attached hydrogens (primary N) is 1. The normalized spacial score (nSPS) is 15.3. The van der Waals surface area contributed by atoms with Gasteiger partial charge in [-0.3, -0.25) is 4.79 Å². The van der Waals surface area contributed by atoms with Crippen LogP contribution in [-0.4, -0.2) is 43.0 Å². The fraction of sp³-hybridized carbons (Fsp3) is 0.900. The Kier molecular flexibility index (Phi) is 6.49. The van der Waals surface area contributed by atoms with Crippen LogP contribution >= 0.6 is 0 Å². The first-order valence-electron chi connectivity index (χ1n) is 5.22. The van der Waals surface area contributed by atoms with Crippen LogP contribution in [0.1, 0.15) is 27.2 Å². The molecule has 0 spiro atoms. The number of amides is 1. The smallest absolute Gasteiger partial charge is 0.236 e. The quantitative estimate of drug-likeness (QED) is 0.644. The van der Waals surface area contributed by atoms with Crippen molar-refractivity contribution in [3.63, 3.8) is 0 Å². The van der Waals surface area contributed by atoms with Gasteiger partial charge in [-0.25, -0.2) is 0 Å². The number of hydrogen-bond acceptors (Lipinski definition) is 3. The molecule has 0 aliphatic heterocycles. The summed E-state index contributed by atoms with van der Waals surface area (Å²) in [5.41, 5.74) is 5.41. The van der Waals surface area contributed by atoms with Gasteiger partial charge >= 0.3 is 0 Å². The van der Waals surface area contributed by atoms with E-state index in [1.54, 1.807) is 6.92 Å². The first-order chi connectivity index (χ1) is 6.49. The third-order valence-corrected chi connectivity index (χ3v) is 2.52. The molecule has 14 heavy (non-hydrogen) atoms. The number of carbonyl (C=O) groups excluding carboxylic acids is 1. The van der Waals surface area contributed by atoms with Crippen LogP contribution in [0.5, 0.6) is 0 Å². The molecule has 0 saturated heterocycles. The highest BCUT2D eigenvalue weighted by atomic mass is 16.2. The SMILES string of the molecule is CCC(C)N(C)CCNC(=O)[C@H](C)N. The molecule has 84 valence electrons. The molecule has 0 saturated carbocycles. The van der Waals surface area contributed by atoms with Crippen molar-refractivity contribution >= 4 is 5.91 Å². The molecule has 0 bridgehead atoms. The van der Waals surface area contributed by atoms with Gasteiger partial charge in [-0.1, -0.05) is 6.92 Å².